The fourth-order valence-corrected chi connectivity index (χ4v) is 1.66. The van der Waals surface area contributed by atoms with Gasteiger partial charge in [0.15, 0.2) is 0 Å². The Kier molecular flexibility index (Phi) is 3.86. The quantitative estimate of drug-likeness (QED) is 0.566. The Morgan fingerprint density at radius 2 is 2.00 bits per heavy atom. The van der Waals surface area contributed by atoms with E-state index in [-0.39, 0.29) is 11.9 Å². The fourth-order valence-electron chi connectivity index (χ4n) is 1.66. The van der Waals surface area contributed by atoms with Crippen LogP contribution in [0.3, 0.4) is 0 Å². The Balaban J connectivity index is 2.35. The summed E-state index contributed by atoms with van der Waals surface area (Å²) in [4.78, 5) is 12.9. The molecule has 5 heteroatoms. The van der Waals surface area contributed by atoms with E-state index in [0.717, 1.165) is 0 Å². The van der Waals surface area contributed by atoms with Gasteiger partial charge in [-0.05, 0) is 0 Å². The van der Waals surface area contributed by atoms with Gasteiger partial charge in [-0.3, -0.25) is 9.69 Å². The van der Waals surface area contributed by atoms with E-state index in [1.165, 1.54) is 7.11 Å². The van der Waals surface area contributed by atoms with Gasteiger partial charge in [0.25, 0.3) is 0 Å². The third-order valence-corrected chi connectivity index (χ3v) is 2.47. The number of ether oxygens (including phenoxy) is 1. The van der Waals surface area contributed by atoms with Crippen molar-refractivity contribution in [1.82, 2.24) is 4.90 Å². The molecule has 1 aliphatic rings. The molecule has 0 bridgehead atoms. The van der Waals surface area contributed by atoms with Crippen molar-refractivity contribution in [3.8, 4) is 0 Å². The number of rotatable bonds is 3. The van der Waals surface area contributed by atoms with Gasteiger partial charge in [0.05, 0.1) is 25.2 Å². The van der Waals surface area contributed by atoms with Crippen molar-refractivity contribution in [2.24, 2.45) is 5.92 Å². The molecule has 0 aromatic rings. The molecule has 0 aromatic carbocycles. The van der Waals surface area contributed by atoms with Crippen LogP contribution in [0.25, 0.3) is 0 Å². The molecular formula is C9H17NO4. The Labute approximate surface area is 83.3 Å². The molecule has 1 unspecified atom stereocenters. The van der Waals surface area contributed by atoms with Crippen molar-refractivity contribution in [2.45, 2.75) is 19.1 Å². The molecule has 3 atom stereocenters. The number of hydrogen-bond donors (Lipinski definition) is 2. The summed E-state index contributed by atoms with van der Waals surface area (Å²) in [6.07, 6.45) is -1.39. The van der Waals surface area contributed by atoms with Crippen molar-refractivity contribution < 1.29 is 19.7 Å². The molecule has 0 aromatic heterocycles. The minimum atomic E-state index is -0.695. The minimum Gasteiger partial charge on any atom is -0.469 e. The molecule has 1 fully saturated rings. The summed E-state index contributed by atoms with van der Waals surface area (Å²) in [6, 6.07) is 0. The first kappa shape index (κ1) is 11.4. The van der Waals surface area contributed by atoms with Crippen LogP contribution in [0.4, 0.5) is 0 Å². The predicted octanol–water partition coefficient (Wildman–Crippen LogP) is -1.17. The van der Waals surface area contributed by atoms with Gasteiger partial charge in [-0.1, -0.05) is 6.92 Å². The number of carbonyl (C=O) groups excluding carboxylic acids is 1. The highest BCUT2D eigenvalue weighted by Crippen LogP contribution is 2.12. The molecular weight excluding hydrogens is 186 g/mol. The highest BCUT2D eigenvalue weighted by molar-refractivity contribution is 5.72. The molecule has 0 aliphatic carbocycles. The lowest BCUT2D eigenvalue weighted by molar-refractivity contribution is -0.145. The summed E-state index contributed by atoms with van der Waals surface area (Å²) in [7, 11) is 1.35. The van der Waals surface area contributed by atoms with Gasteiger partial charge in [-0.15, -0.1) is 0 Å². The monoisotopic (exact) mass is 203 g/mol. The SMILES string of the molecule is COC(=O)C(C)CN1C[C@@H](O)[C@@H](O)C1. The third kappa shape index (κ3) is 2.67. The molecule has 0 saturated carbocycles. The van der Waals surface area contributed by atoms with E-state index in [2.05, 4.69) is 4.74 Å². The van der Waals surface area contributed by atoms with Crippen molar-refractivity contribution in [1.29, 1.82) is 0 Å². The number of nitrogens with zero attached hydrogens (tertiary/aromatic N) is 1. The van der Waals surface area contributed by atoms with E-state index in [1.54, 1.807) is 6.92 Å². The van der Waals surface area contributed by atoms with Gasteiger partial charge in [0, 0.05) is 19.6 Å². The maximum atomic E-state index is 11.1. The topological polar surface area (TPSA) is 70.0 Å². The summed E-state index contributed by atoms with van der Waals surface area (Å²) in [5, 5.41) is 18.5. The van der Waals surface area contributed by atoms with E-state index < -0.39 is 12.2 Å². The van der Waals surface area contributed by atoms with Crippen LogP contribution < -0.4 is 0 Å². The van der Waals surface area contributed by atoms with Crippen molar-refractivity contribution >= 4 is 5.97 Å². The van der Waals surface area contributed by atoms with Crippen LogP contribution >= 0.6 is 0 Å². The Morgan fingerprint density at radius 1 is 1.50 bits per heavy atom. The van der Waals surface area contributed by atoms with Crippen LogP contribution in [0.15, 0.2) is 0 Å². The highest BCUT2D eigenvalue weighted by Gasteiger charge is 2.31. The van der Waals surface area contributed by atoms with E-state index in [1.807, 2.05) is 4.90 Å². The largest absolute Gasteiger partial charge is 0.469 e. The zero-order chi connectivity index (χ0) is 10.7. The van der Waals surface area contributed by atoms with Crippen LogP contribution in [-0.2, 0) is 9.53 Å². The molecule has 1 saturated heterocycles. The van der Waals surface area contributed by atoms with Crippen LogP contribution in [0.1, 0.15) is 6.92 Å². The standard InChI is InChI=1S/C9H17NO4/c1-6(9(13)14-2)3-10-4-7(11)8(12)5-10/h6-8,11-12H,3-5H2,1-2H3/t6?,7-,8+. The summed E-state index contributed by atoms with van der Waals surface area (Å²) in [5.41, 5.74) is 0. The Hall–Kier alpha value is -0.650. The number of carbonyl (C=O) groups is 1. The lowest BCUT2D eigenvalue weighted by Crippen LogP contribution is -2.31. The number of aliphatic hydroxyl groups is 2. The third-order valence-electron chi connectivity index (χ3n) is 2.47. The van der Waals surface area contributed by atoms with Gasteiger partial charge in [-0.25, -0.2) is 0 Å². The summed E-state index contributed by atoms with van der Waals surface area (Å²) in [5.74, 6) is -0.488. The first-order valence-corrected chi connectivity index (χ1v) is 4.71. The molecule has 5 nitrogen and oxygen atoms in total. The zero-order valence-electron chi connectivity index (χ0n) is 8.51. The second-order valence-corrected chi connectivity index (χ2v) is 3.78. The maximum Gasteiger partial charge on any atom is 0.309 e. The number of esters is 1. The highest BCUT2D eigenvalue weighted by atomic mass is 16.5. The molecule has 0 amide bonds. The first-order chi connectivity index (χ1) is 6.54. The van der Waals surface area contributed by atoms with E-state index in [9.17, 15) is 15.0 Å². The van der Waals surface area contributed by atoms with E-state index >= 15 is 0 Å². The molecule has 0 spiro atoms. The van der Waals surface area contributed by atoms with Crippen LogP contribution in [-0.4, -0.2) is 60.0 Å². The smallest absolute Gasteiger partial charge is 0.309 e. The first-order valence-electron chi connectivity index (χ1n) is 4.71. The number of aliphatic hydroxyl groups excluding tert-OH is 2. The van der Waals surface area contributed by atoms with E-state index in [0.29, 0.717) is 19.6 Å². The number of likely N-dealkylation sites (tertiary alicyclic amines) is 1. The Bertz CT molecular complexity index is 199. The van der Waals surface area contributed by atoms with Crippen LogP contribution in [0, 0.1) is 5.92 Å². The zero-order valence-corrected chi connectivity index (χ0v) is 8.51. The molecule has 1 aliphatic heterocycles. The van der Waals surface area contributed by atoms with Gasteiger partial charge < -0.3 is 14.9 Å². The number of hydrogen-bond acceptors (Lipinski definition) is 5. The second kappa shape index (κ2) is 4.72. The van der Waals surface area contributed by atoms with Crippen molar-refractivity contribution in [3.63, 3.8) is 0 Å². The predicted molar refractivity (Wildman–Crippen MR) is 49.6 cm³/mol. The van der Waals surface area contributed by atoms with Gasteiger partial charge >= 0.3 is 5.97 Å². The molecule has 0 radical (unpaired) electrons. The number of β-amino-alcohol motifs (C(OH)–C–C–N with tert-alkyl or cyclic N) is 2. The lowest BCUT2D eigenvalue weighted by atomic mass is 10.2. The molecule has 82 valence electrons. The normalized spacial score (nSPS) is 30.3. The lowest BCUT2D eigenvalue weighted by Gasteiger charge is -2.18. The van der Waals surface area contributed by atoms with Gasteiger partial charge in [0.2, 0.25) is 0 Å². The van der Waals surface area contributed by atoms with Crippen molar-refractivity contribution in [3.05, 3.63) is 0 Å². The molecule has 14 heavy (non-hydrogen) atoms. The summed E-state index contributed by atoms with van der Waals surface area (Å²) >= 11 is 0. The average Bonchev–Trinajstić information content (AvgIpc) is 2.44. The minimum absolute atomic E-state index is 0.225. The fraction of sp³-hybridized carbons (Fsp3) is 0.889. The molecule has 1 heterocycles. The molecule has 2 N–H and O–H groups in total. The summed E-state index contributed by atoms with van der Waals surface area (Å²) in [6.45, 7) is 3.12. The summed E-state index contributed by atoms with van der Waals surface area (Å²) < 4.78 is 4.59. The van der Waals surface area contributed by atoms with Crippen LogP contribution in [0.5, 0.6) is 0 Å². The molecule has 1 rings (SSSR count). The van der Waals surface area contributed by atoms with Gasteiger partial charge in [-0.2, -0.15) is 0 Å². The van der Waals surface area contributed by atoms with Gasteiger partial charge in [0.1, 0.15) is 0 Å². The Morgan fingerprint density at radius 3 is 2.43 bits per heavy atom. The van der Waals surface area contributed by atoms with Crippen molar-refractivity contribution in [2.75, 3.05) is 26.7 Å². The maximum absolute atomic E-state index is 11.1. The average molecular weight is 203 g/mol. The van der Waals surface area contributed by atoms with Crippen LogP contribution in [0.2, 0.25) is 0 Å². The second-order valence-electron chi connectivity index (χ2n) is 3.78. The number of methoxy groups -OCH3 is 1. The van der Waals surface area contributed by atoms with E-state index in [4.69, 9.17) is 0 Å².